The molecule has 0 aliphatic heterocycles. The van der Waals surface area contributed by atoms with E-state index in [1.54, 1.807) is 0 Å². The number of hydrogen-bond donors (Lipinski definition) is 2. The zero-order chi connectivity index (χ0) is 15.9. The zero-order valence-corrected chi connectivity index (χ0v) is 13.4. The van der Waals surface area contributed by atoms with Gasteiger partial charge in [-0.2, -0.15) is 0 Å². The third-order valence-electron chi connectivity index (χ3n) is 2.92. The number of carbonyl (C=O) groups is 1. The molecule has 114 valence electrons. The molecule has 0 aliphatic rings. The van der Waals surface area contributed by atoms with E-state index in [4.69, 9.17) is 17.0 Å². The van der Waals surface area contributed by atoms with Gasteiger partial charge in [0.15, 0.2) is 11.7 Å². The Bertz CT molecular complexity index is 669. The third-order valence-corrected chi connectivity index (χ3v) is 3.13. The Hall–Kier alpha value is -2.40. The van der Waals surface area contributed by atoms with Crippen molar-refractivity contribution in [2.24, 2.45) is 0 Å². The normalized spacial score (nSPS) is 9.91. The molecular formula is C17H18N2O2S. The topological polar surface area (TPSA) is 50.4 Å². The molecular weight excluding hydrogens is 296 g/mol. The fraction of sp³-hybridized carbons (Fsp3) is 0.176. The second-order valence-corrected chi connectivity index (χ2v) is 5.38. The van der Waals surface area contributed by atoms with Gasteiger partial charge in [0.25, 0.3) is 5.91 Å². The van der Waals surface area contributed by atoms with Crippen molar-refractivity contribution in [1.82, 2.24) is 5.32 Å². The summed E-state index contributed by atoms with van der Waals surface area (Å²) in [5, 5.41) is 5.79. The second kappa shape index (κ2) is 7.56. The first-order chi connectivity index (χ1) is 10.5. The lowest BCUT2D eigenvalue weighted by Gasteiger charge is -2.10. The van der Waals surface area contributed by atoms with Crippen LogP contribution in [0, 0.1) is 13.8 Å². The predicted octanol–water partition coefficient (Wildman–Crippen LogP) is 3.20. The van der Waals surface area contributed by atoms with E-state index in [0.29, 0.717) is 5.75 Å². The van der Waals surface area contributed by atoms with E-state index in [2.05, 4.69) is 10.6 Å². The van der Waals surface area contributed by atoms with Gasteiger partial charge < -0.3 is 10.1 Å². The minimum Gasteiger partial charge on any atom is -0.484 e. The highest BCUT2D eigenvalue weighted by atomic mass is 32.1. The van der Waals surface area contributed by atoms with Gasteiger partial charge in [-0.15, -0.1) is 0 Å². The minimum absolute atomic E-state index is 0.0842. The fourth-order valence-corrected chi connectivity index (χ4v) is 2.05. The highest BCUT2D eigenvalue weighted by Crippen LogP contribution is 2.12. The van der Waals surface area contributed by atoms with Crippen molar-refractivity contribution in [3.63, 3.8) is 0 Å². The number of nitrogens with one attached hydrogen (secondary N) is 2. The monoisotopic (exact) mass is 314 g/mol. The van der Waals surface area contributed by atoms with E-state index in [1.165, 1.54) is 0 Å². The predicted molar refractivity (Wildman–Crippen MR) is 92.2 cm³/mol. The number of aryl methyl sites for hydroxylation is 2. The molecule has 0 heterocycles. The first kappa shape index (κ1) is 16.0. The van der Waals surface area contributed by atoms with Crippen LogP contribution >= 0.6 is 12.2 Å². The summed E-state index contributed by atoms with van der Waals surface area (Å²) in [5.74, 6) is 0.360. The molecule has 0 atom stereocenters. The Morgan fingerprint density at radius 3 is 2.50 bits per heavy atom. The molecule has 0 radical (unpaired) electrons. The van der Waals surface area contributed by atoms with Crippen molar-refractivity contribution in [2.75, 3.05) is 11.9 Å². The van der Waals surface area contributed by atoms with Crippen LogP contribution in [0.2, 0.25) is 0 Å². The van der Waals surface area contributed by atoms with Crippen LogP contribution in [-0.2, 0) is 4.79 Å². The summed E-state index contributed by atoms with van der Waals surface area (Å²) in [6.45, 7) is 3.89. The van der Waals surface area contributed by atoms with Gasteiger partial charge in [0.05, 0.1) is 0 Å². The van der Waals surface area contributed by atoms with Crippen LogP contribution in [0.4, 0.5) is 5.69 Å². The first-order valence-corrected chi connectivity index (χ1v) is 7.31. The molecule has 2 N–H and O–H groups in total. The number of carbonyl (C=O) groups excluding carboxylic acids is 1. The van der Waals surface area contributed by atoms with Crippen LogP contribution in [0.1, 0.15) is 11.1 Å². The number of ether oxygens (including phenoxy) is 1. The molecule has 0 saturated carbocycles. The van der Waals surface area contributed by atoms with Gasteiger partial charge in [0.2, 0.25) is 0 Å². The van der Waals surface area contributed by atoms with Gasteiger partial charge in [0.1, 0.15) is 5.75 Å². The average Bonchev–Trinajstić information content (AvgIpc) is 2.47. The molecule has 0 aliphatic carbocycles. The zero-order valence-electron chi connectivity index (χ0n) is 12.6. The molecule has 0 spiro atoms. The van der Waals surface area contributed by atoms with E-state index in [9.17, 15) is 4.79 Å². The Balaban J connectivity index is 1.79. The van der Waals surface area contributed by atoms with E-state index >= 15 is 0 Å². The summed E-state index contributed by atoms with van der Waals surface area (Å²) in [7, 11) is 0. The number of amides is 1. The second-order valence-electron chi connectivity index (χ2n) is 4.97. The van der Waals surface area contributed by atoms with Gasteiger partial charge in [-0.05, 0) is 55.9 Å². The Kier molecular flexibility index (Phi) is 5.49. The summed E-state index contributed by atoms with van der Waals surface area (Å²) in [6.07, 6.45) is 0. The molecule has 1 amide bonds. The van der Waals surface area contributed by atoms with Gasteiger partial charge in [0, 0.05) is 5.69 Å². The number of anilines is 1. The molecule has 0 bridgehead atoms. The SMILES string of the molecule is Cc1ccc(NC(=S)NC(=O)COc2cccc(C)c2)cc1. The highest BCUT2D eigenvalue weighted by molar-refractivity contribution is 7.80. The van der Waals surface area contributed by atoms with Gasteiger partial charge >= 0.3 is 0 Å². The molecule has 0 aromatic heterocycles. The van der Waals surface area contributed by atoms with Crippen LogP contribution in [0.15, 0.2) is 48.5 Å². The molecule has 0 unspecified atom stereocenters. The fourth-order valence-electron chi connectivity index (χ4n) is 1.82. The number of thiocarbonyl (C=S) groups is 1. The highest BCUT2D eigenvalue weighted by Gasteiger charge is 2.06. The minimum atomic E-state index is -0.300. The van der Waals surface area contributed by atoms with Crippen LogP contribution in [0.25, 0.3) is 0 Å². The molecule has 2 aromatic rings. The van der Waals surface area contributed by atoms with Crippen LogP contribution in [0.3, 0.4) is 0 Å². The van der Waals surface area contributed by atoms with Crippen molar-refractivity contribution in [3.05, 3.63) is 59.7 Å². The summed E-state index contributed by atoms with van der Waals surface area (Å²) in [6, 6.07) is 15.3. The smallest absolute Gasteiger partial charge is 0.264 e. The van der Waals surface area contributed by atoms with Gasteiger partial charge in [-0.25, -0.2) is 0 Å². The van der Waals surface area contributed by atoms with Crippen LogP contribution in [0.5, 0.6) is 5.75 Å². The van der Waals surface area contributed by atoms with E-state index in [0.717, 1.165) is 16.8 Å². The van der Waals surface area contributed by atoms with Crippen molar-refractivity contribution < 1.29 is 9.53 Å². The maximum Gasteiger partial charge on any atom is 0.264 e. The van der Waals surface area contributed by atoms with Crippen molar-refractivity contribution in [3.8, 4) is 5.75 Å². The molecule has 2 aromatic carbocycles. The molecule has 2 rings (SSSR count). The lowest BCUT2D eigenvalue weighted by Crippen LogP contribution is -2.37. The standard InChI is InChI=1S/C17H18N2O2S/c1-12-6-8-14(9-7-12)18-17(22)19-16(20)11-21-15-5-3-4-13(2)10-15/h3-10H,11H2,1-2H3,(H2,18,19,20,22). The maximum atomic E-state index is 11.8. The van der Waals surface area contributed by atoms with Crippen LogP contribution in [-0.4, -0.2) is 17.6 Å². The quantitative estimate of drug-likeness (QED) is 0.851. The molecule has 4 nitrogen and oxygen atoms in total. The van der Waals surface area contributed by atoms with Gasteiger partial charge in [-0.3, -0.25) is 10.1 Å². The lowest BCUT2D eigenvalue weighted by atomic mass is 10.2. The average molecular weight is 314 g/mol. The van der Waals surface area contributed by atoms with Crippen LogP contribution < -0.4 is 15.4 Å². The van der Waals surface area contributed by atoms with E-state index < -0.39 is 0 Å². The number of rotatable bonds is 4. The third kappa shape index (κ3) is 5.18. The number of benzene rings is 2. The summed E-state index contributed by atoms with van der Waals surface area (Å²) < 4.78 is 5.42. The van der Waals surface area contributed by atoms with Crippen molar-refractivity contribution >= 4 is 28.9 Å². The Morgan fingerprint density at radius 2 is 1.82 bits per heavy atom. The van der Waals surface area contributed by atoms with E-state index in [-0.39, 0.29) is 17.6 Å². The molecule has 0 fully saturated rings. The summed E-state index contributed by atoms with van der Waals surface area (Å²) >= 11 is 5.10. The summed E-state index contributed by atoms with van der Waals surface area (Å²) in [5.41, 5.74) is 3.07. The largest absolute Gasteiger partial charge is 0.484 e. The Morgan fingerprint density at radius 1 is 1.09 bits per heavy atom. The molecule has 5 heteroatoms. The van der Waals surface area contributed by atoms with Crippen molar-refractivity contribution in [1.29, 1.82) is 0 Å². The molecule has 0 saturated heterocycles. The van der Waals surface area contributed by atoms with E-state index in [1.807, 2.05) is 62.4 Å². The first-order valence-electron chi connectivity index (χ1n) is 6.90. The Labute approximate surface area is 135 Å². The van der Waals surface area contributed by atoms with Crippen molar-refractivity contribution in [2.45, 2.75) is 13.8 Å². The number of hydrogen-bond acceptors (Lipinski definition) is 3. The maximum absolute atomic E-state index is 11.8. The lowest BCUT2D eigenvalue weighted by molar-refractivity contribution is -0.121. The van der Waals surface area contributed by atoms with Gasteiger partial charge in [-0.1, -0.05) is 29.8 Å². The summed E-state index contributed by atoms with van der Waals surface area (Å²) in [4.78, 5) is 11.8. The molecule has 22 heavy (non-hydrogen) atoms.